The Hall–Kier alpha value is -2.29. The molecule has 2 unspecified atom stereocenters. The number of carbonyl (C=O) groups excluding carboxylic acids is 2. The SMILES string of the molecule is CCCCCCC/C=C\C/C=C\C/C=C\CCCCCCCCCCCCCCC(=O)OC(COC(=O)CCCCCCCCCCCCCCC/C=C\C/C=C\CCCCCCC)COP(=O)(O)OCCN. The molecule has 0 aromatic carbocycles. The summed E-state index contributed by atoms with van der Waals surface area (Å²) in [5, 5.41) is 0. The lowest BCUT2D eigenvalue weighted by Crippen LogP contribution is -2.29. The summed E-state index contributed by atoms with van der Waals surface area (Å²) < 4.78 is 33.1. The first-order valence-corrected chi connectivity index (χ1v) is 32.3. The van der Waals surface area contributed by atoms with Crippen molar-refractivity contribution < 1.29 is 37.6 Å². The summed E-state index contributed by atoms with van der Waals surface area (Å²) in [6, 6.07) is 0. The number of unbranched alkanes of at least 4 members (excludes halogenated alkanes) is 35. The topological polar surface area (TPSA) is 134 Å². The Bertz CT molecular complexity index is 1380. The molecule has 0 radical (unpaired) electrons. The average molecular weight is 1050 g/mol. The van der Waals surface area contributed by atoms with E-state index in [4.69, 9.17) is 24.3 Å². The van der Waals surface area contributed by atoms with Gasteiger partial charge in [-0.15, -0.1) is 0 Å². The minimum Gasteiger partial charge on any atom is -0.462 e. The fraction of sp³-hybridized carbons (Fsp3) is 0.810. The van der Waals surface area contributed by atoms with Crippen LogP contribution in [0.5, 0.6) is 0 Å². The third-order valence-electron chi connectivity index (χ3n) is 13.4. The number of nitrogens with two attached hydrogens (primary N) is 1. The van der Waals surface area contributed by atoms with Gasteiger partial charge in [0.2, 0.25) is 0 Å². The highest BCUT2D eigenvalue weighted by Crippen LogP contribution is 2.43. The maximum Gasteiger partial charge on any atom is 0.472 e. The highest BCUT2D eigenvalue weighted by atomic mass is 31.2. The Labute approximate surface area is 450 Å². The van der Waals surface area contributed by atoms with Crippen LogP contribution >= 0.6 is 7.82 Å². The molecule has 0 amide bonds. The van der Waals surface area contributed by atoms with E-state index in [2.05, 4.69) is 74.6 Å². The van der Waals surface area contributed by atoms with Crippen molar-refractivity contribution in [2.45, 2.75) is 302 Å². The van der Waals surface area contributed by atoms with Crippen LogP contribution in [0.25, 0.3) is 0 Å². The molecule has 0 aliphatic carbocycles. The molecule has 0 spiro atoms. The van der Waals surface area contributed by atoms with E-state index in [0.29, 0.717) is 6.42 Å². The summed E-state index contributed by atoms with van der Waals surface area (Å²) in [4.78, 5) is 35.2. The maximum absolute atomic E-state index is 12.7. The zero-order valence-corrected chi connectivity index (χ0v) is 48.5. The van der Waals surface area contributed by atoms with E-state index in [0.717, 1.165) is 57.8 Å². The normalized spacial score (nSPS) is 13.4. The van der Waals surface area contributed by atoms with Crippen molar-refractivity contribution in [2.75, 3.05) is 26.4 Å². The second-order valence-electron chi connectivity index (χ2n) is 20.6. The van der Waals surface area contributed by atoms with Crippen molar-refractivity contribution in [1.29, 1.82) is 0 Å². The fourth-order valence-corrected chi connectivity index (χ4v) is 9.56. The van der Waals surface area contributed by atoms with E-state index < -0.39 is 26.5 Å². The van der Waals surface area contributed by atoms with Gasteiger partial charge in [0.05, 0.1) is 13.2 Å². The molecule has 0 bridgehead atoms. The third-order valence-corrected chi connectivity index (χ3v) is 14.4. The standard InChI is InChI=1S/C63H116NO8P/c1-3-5-7-9-11-13-15-17-19-21-23-25-27-29-30-32-34-36-38-40-42-44-46-48-50-52-54-56-63(66)72-61(60-71-73(67,68)70-58-57-64)59-69-62(65)55-53-51-49-47-45-43-41-39-37-35-33-31-28-26-24-22-20-18-16-14-12-10-8-6-4-2/h15-18,21-24,27,29,61H,3-14,19-20,25-26,28,30-60,64H2,1-2H3,(H,67,68)/b17-15-,18-16-,23-21-,24-22-,29-27-. The minimum absolute atomic E-state index is 0.0521. The van der Waals surface area contributed by atoms with E-state index >= 15 is 0 Å². The summed E-state index contributed by atoms with van der Waals surface area (Å²) in [5.41, 5.74) is 5.39. The van der Waals surface area contributed by atoms with Crippen LogP contribution in [0, 0.1) is 0 Å². The van der Waals surface area contributed by atoms with Gasteiger partial charge in [-0.25, -0.2) is 4.57 Å². The van der Waals surface area contributed by atoms with Gasteiger partial charge >= 0.3 is 19.8 Å². The quantitative estimate of drug-likeness (QED) is 0.0264. The van der Waals surface area contributed by atoms with E-state index in [1.165, 1.54) is 205 Å². The predicted molar refractivity (Wildman–Crippen MR) is 312 cm³/mol. The summed E-state index contributed by atoms with van der Waals surface area (Å²) in [6.45, 7) is 3.76. The molecular weight excluding hydrogens is 930 g/mol. The van der Waals surface area contributed by atoms with Gasteiger partial charge in [0, 0.05) is 19.4 Å². The highest BCUT2D eigenvalue weighted by molar-refractivity contribution is 7.47. The molecule has 0 heterocycles. The van der Waals surface area contributed by atoms with Crippen molar-refractivity contribution >= 4 is 19.8 Å². The number of phosphoric acid groups is 1. The molecule has 10 heteroatoms. The molecule has 2 atom stereocenters. The molecule has 0 aliphatic rings. The molecule has 426 valence electrons. The van der Waals surface area contributed by atoms with Crippen LogP contribution in [0.4, 0.5) is 0 Å². The molecule has 0 rings (SSSR count). The van der Waals surface area contributed by atoms with Gasteiger partial charge in [0.25, 0.3) is 0 Å². The van der Waals surface area contributed by atoms with E-state index in [9.17, 15) is 19.0 Å². The zero-order valence-electron chi connectivity index (χ0n) is 47.6. The Balaban J connectivity index is 3.95. The summed E-state index contributed by atoms with van der Waals surface area (Å²) in [6.07, 6.45) is 74.2. The first-order valence-electron chi connectivity index (χ1n) is 30.8. The number of rotatable bonds is 58. The molecule has 0 fully saturated rings. The zero-order chi connectivity index (χ0) is 53.1. The van der Waals surface area contributed by atoms with Gasteiger partial charge in [-0.05, 0) is 83.5 Å². The number of hydrogen-bond acceptors (Lipinski definition) is 8. The van der Waals surface area contributed by atoms with Crippen LogP contribution in [-0.4, -0.2) is 49.3 Å². The molecule has 0 saturated heterocycles. The highest BCUT2D eigenvalue weighted by Gasteiger charge is 2.26. The van der Waals surface area contributed by atoms with Gasteiger partial charge < -0.3 is 20.1 Å². The van der Waals surface area contributed by atoms with Crippen molar-refractivity contribution in [1.82, 2.24) is 0 Å². The van der Waals surface area contributed by atoms with Crippen LogP contribution < -0.4 is 5.73 Å². The molecule has 0 aromatic rings. The summed E-state index contributed by atoms with van der Waals surface area (Å²) in [5.74, 6) is -0.821. The lowest BCUT2D eigenvalue weighted by molar-refractivity contribution is -0.161. The molecule has 73 heavy (non-hydrogen) atoms. The number of carbonyl (C=O) groups is 2. The van der Waals surface area contributed by atoms with Gasteiger partial charge in [-0.1, -0.05) is 261 Å². The van der Waals surface area contributed by atoms with Crippen molar-refractivity contribution in [3.05, 3.63) is 60.8 Å². The first-order chi connectivity index (χ1) is 35.8. The molecule has 0 saturated carbocycles. The van der Waals surface area contributed by atoms with Gasteiger partial charge in [0.1, 0.15) is 6.61 Å². The van der Waals surface area contributed by atoms with Crippen LogP contribution in [-0.2, 0) is 32.7 Å². The molecule has 0 aromatic heterocycles. The number of esters is 2. The second-order valence-corrected chi connectivity index (χ2v) is 22.0. The van der Waals surface area contributed by atoms with Crippen molar-refractivity contribution in [3.8, 4) is 0 Å². The number of hydrogen-bond donors (Lipinski definition) is 2. The predicted octanol–water partition coefficient (Wildman–Crippen LogP) is 19.5. The van der Waals surface area contributed by atoms with Crippen LogP contribution in [0.1, 0.15) is 296 Å². The number of ether oxygens (including phenoxy) is 2. The lowest BCUT2D eigenvalue weighted by Gasteiger charge is -2.19. The summed E-state index contributed by atoms with van der Waals surface area (Å²) >= 11 is 0. The Morgan fingerprint density at radius 2 is 0.712 bits per heavy atom. The monoisotopic (exact) mass is 1050 g/mol. The van der Waals surface area contributed by atoms with E-state index in [-0.39, 0.29) is 38.6 Å². The second kappa shape index (κ2) is 59.0. The molecule has 3 N–H and O–H groups in total. The molecular formula is C63H116NO8P. The van der Waals surface area contributed by atoms with Gasteiger partial charge in [-0.3, -0.25) is 18.6 Å². The fourth-order valence-electron chi connectivity index (χ4n) is 8.79. The molecule has 9 nitrogen and oxygen atoms in total. The van der Waals surface area contributed by atoms with E-state index in [1.54, 1.807) is 0 Å². The minimum atomic E-state index is -4.39. The average Bonchev–Trinajstić information content (AvgIpc) is 3.38. The first kappa shape index (κ1) is 70.7. The van der Waals surface area contributed by atoms with Crippen molar-refractivity contribution in [3.63, 3.8) is 0 Å². The van der Waals surface area contributed by atoms with Gasteiger partial charge in [0.15, 0.2) is 6.10 Å². The Morgan fingerprint density at radius 1 is 0.411 bits per heavy atom. The van der Waals surface area contributed by atoms with Gasteiger partial charge in [-0.2, -0.15) is 0 Å². The number of allylic oxidation sites excluding steroid dienone is 10. The van der Waals surface area contributed by atoms with Crippen LogP contribution in [0.2, 0.25) is 0 Å². The third kappa shape index (κ3) is 58.8. The largest absolute Gasteiger partial charge is 0.472 e. The maximum atomic E-state index is 12.7. The van der Waals surface area contributed by atoms with Crippen molar-refractivity contribution in [2.24, 2.45) is 5.73 Å². The summed E-state index contributed by atoms with van der Waals surface area (Å²) in [7, 11) is -4.39. The van der Waals surface area contributed by atoms with Crippen LogP contribution in [0.3, 0.4) is 0 Å². The Morgan fingerprint density at radius 3 is 1.05 bits per heavy atom. The van der Waals surface area contributed by atoms with E-state index in [1.807, 2.05) is 0 Å². The number of phosphoric ester groups is 1. The lowest BCUT2D eigenvalue weighted by atomic mass is 10.0. The smallest absolute Gasteiger partial charge is 0.462 e. The molecule has 0 aliphatic heterocycles. The Kier molecular flexibility index (Phi) is 57.1. The van der Waals surface area contributed by atoms with Crippen LogP contribution in [0.15, 0.2) is 60.8 Å².